The van der Waals surface area contributed by atoms with E-state index in [1.807, 2.05) is 24.3 Å². The third kappa shape index (κ3) is 3.04. The van der Waals surface area contributed by atoms with Crippen molar-refractivity contribution in [3.63, 3.8) is 0 Å². The van der Waals surface area contributed by atoms with Crippen molar-refractivity contribution in [1.82, 2.24) is 4.98 Å². The highest BCUT2D eigenvalue weighted by Gasteiger charge is 2.05. The second-order valence-electron chi connectivity index (χ2n) is 3.25. The Balaban J connectivity index is 0.00000144. The van der Waals surface area contributed by atoms with Crippen LogP contribution in [0, 0.1) is 0 Å². The Hall–Kier alpha value is -1.87. The molecule has 1 heterocycles. The maximum absolute atomic E-state index is 11.3. The maximum Gasteiger partial charge on any atom is 0.335 e. The average molecular weight is 250 g/mol. The lowest BCUT2D eigenvalue weighted by atomic mass is 10.2. The average Bonchev–Trinajstić information content (AvgIpc) is 2.30. The number of hydrogen-bond acceptors (Lipinski definition) is 3. The summed E-state index contributed by atoms with van der Waals surface area (Å²) in [5.41, 5.74) is 0.697. The monoisotopic (exact) mass is 249 g/mol. The van der Waals surface area contributed by atoms with Gasteiger partial charge in [-0.2, -0.15) is 0 Å². The van der Waals surface area contributed by atoms with Gasteiger partial charge in [-0.1, -0.05) is 24.3 Å². The van der Waals surface area contributed by atoms with Crippen molar-refractivity contribution in [1.29, 1.82) is 0 Å². The quantitative estimate of drug-likeness (QED) is 0.466. The lowest BCUT2D eigenvalue weighted by Gasteiger charge is -2.04. The molecule has 4 heteroatoms. The zero-order valence-electron chi connectivity index (χ0n) is 9.29. The largest absolute Gasteiger partial charge is 0.421 e. The number of fused-ring (bicyclic) bond motifs is 1. The lowest BCUT2D eigenvalue weighted by molar-refractivity contribution is -0.128. The van der Waals surface area contributed by atoms with Crippen LogP contribution in [-0.4, -0.2) is 11.0 Å². The normalized spacial score (nSPS) is 10.2. The molecule has 0 amide bonds. The number of hydrogen-bond donors (Lipinski definition) is 0. The highest BCUT2D eigenvalue weighted by molar-refractivity contribution is 5.90. The number of esters is 1. The van der Waals surface area contributed by atoms with Crippen LogP contribution in [0.15, 0.2) is 48.7 Å². The third-order valence-corrected chi connectivity index (χ3v) is 2.11. The Kier molecular flexibility index (Phi) is 4.67. The Morgan fingerprint density at radius 1 is 1.29 bits per heavy atom. The Bertz CT molecular complexity index is 547. The van der Waals surface area contributed by atoms with E-state index in [1.54, 1.807) is 25.3 Å². The van der Waals surface area contributed by atoms with E-state index in [0.717, 1.165) is 5.39 Å². The second-order valence-corrected chi connectivity index (χ2v) is 3.25. The summed E-state index contributed by atoms with van der Waals surface area (Å²) >= 11 is 0. The van der Waals surface area contributed by atoms with Crippen LogP contribution in [0.25, 0.3) is 10.9 Å². The Morgan fingerprint density at radius 3 is 2.82 bits per heavy atom. The van der Waals surface area contributed by atoms with Crippen molar-refractivity contribution in [3.05, 3.63) is 48.7 Å². The van der Waals surface area contributed by atoms with Crippen LogP contribution in [-0.2, 0) is 4.79 Å². The lowest BCUT2D eigenvalue weighted by Crippen LogP contribution is -2.04. The zero-order valence-corrected chi connectivity index (χ0v) is 10.1. The van der Waals surface area contributed by atoms with Gasteiger partial charge in [-0.3, -0.25) is 4.98 Å². The zero-order chi connectivity index (χ0) is 11.4. The predicted molar refractivity (Wildman–Crippen MR) is 69.4 cm³/mol. The minimum Gasteiger partial charge on any atom is -0.421 e. The predicted octanol–water partition coefficient (Wildman–Crippen LogP) is 3.14. The Morgan fingerprint density at radius 2 is 2.06 bits per heavy atom. The van der Waals surface area contributed by atoms with Crippen LogP contribution in [0.4, 0.5) is 0 Å². The molecule has 0 aliphatic rings. The summed E-state index contributed by atoms with van der Waals surface area (Å²) < 4.78 is 5.18. The summed E-state index contributed by atoms with van der Waals surface area (Å²) in [6.45, 7) is 1.77. The minimum absolute atomic E-state index is 0. The van der Waals surface area contributed by atoms with E-state index in [4.69, 9.17) is 4.74 Å². The van der Waals surface area contributed by atoms with Crippen molar-refractivity contribution in [2.45, 2.75) is 6.92 Å². The number of para-hydroxylation sites is 1. The minimum atomic E-state index is -0.388. The molecule has 1 aromatic carbocycles. The van der Waals surface area contributed by atoms with Gasteiger partial charge in [-0.25, -0.2) is 4.79 Å². The number of carbonyl (C=O) groups is 1. The van der Waals surface area contributed by atoms with Gasteiger partial charge in [0.05, 0.1) is 0 Å². The molecule has 0 fully saturated rings. The van der Waals surface area contributed by atoms with E-state index in [2.05, 4.69) is 4.98 Å². The first-order chi connectivity index (χ1) is 7.81. The molecule has 0 bridgehead atoms. The van der Waals surface area contributed by atoms with Crippen LogP contribution in [0.5, 0.6) is 5.75 Å². The molecule has 0 saturated carbocycles. The van der Waals surface area contributed by atoms with Crippen LogP contribution < -0.4 is 4.74 Å². The summed E-state index contributed by atoms with van der Waals surface area (Å²) in [4.78, 5) is 15.5. The van der Waals surface area contributed by atoms with E-state index < -0.39 is 0 Å². The van der Waals surface area contributed by atoms with Gasteiger partial charge in [0.1, 0.15) is 5.52 Å². The molecule has 1 aromatic heterocycles. The second kappa shape index (κ2) is 6.01. The number of rotatable bonds is 2. The summed E-state index contributed by atoms with van der Waals surface area (Å²) in [5.74, 6) is 0.0989. The van der Waals surface area contributed by atoms with Crippen LogP contribution in [0.2, 0.25) is 0 Å². The van der Waals surface area contributed by atoms with Crippen molar-refractivity contribution < 1.29 is 9.53 Å². The SMILES string of the molecule is C/C=C/C(=O)Oc1cccc2cccnc12.Cl. The number of halogens is 1. The third-order valence-electron chi connectivity index (χ3n) is 2.11. The fraction of sp³-hybridized carbons (Fsp3) is 0.0769. The number of nitrogens with zero attached hydrogens (tertiary/aromatic N) is 1. The number of benzene rings is 1. The molecule has 2 rings (SSSR count). The number of carbonyl (C=O) groups excluding carboxylic acids is 1. The molecule has 88 valence electrons. The fourth-order valence-electron chi connectivity index (χ4n) is 1.44. The van der Waals surface area contributed by atoms with Crippen molar-refractivity contribution in [2.75, 3.05) is 0 Å². The van der Waals surface area contributed by atoms with E-state index in [0.29, 0.717) is 11.3 Å². The Labute approximate surface area is 106 Å². The molecule has 0 atom stereocenters. The first-order valence-electron chi connectivity index (χ1n) is 4.99. The molecule has 17 heavy (non-hydrogen) atoms. The number of ether oxygens (including phenoxy) is 1. The van der Waals surface area contributed by atoms with Crippen molar-refractivity contribution in [2.24, 2.45) is 0 Å². The number of aromatic nitrogens is 1. The number of pyridine rings is 1. The van der Waals surface area contributed by atoms with Crippen LogP contribution in [0.3, 0.4) is 0 Å². The van der Waals surface area contributed by atoms with Gasteiger partial charge in [0.15, 0.2) is 5.75 Å². The molecule has 0 saturated heterocycles. The van der Waals surface area contributed by atoms with E-state index in [9.17, 15) is 4.79 Å². The summed E-state index contributed by atoms with van der Waals surface area (Å²) in [6.07, 6.45) is 4.69. The van der Waals surface area contributed by atoms with Gasteiger partial charge < -0.3 is 4.74 Å². The first-order valence-corrected chi connectivity index (χ1v) is 4.99. The molecule has 0 N–H and O–H groups in total. The van der Waals surface area contributed by atoms with Crippen molar-refractivity contribution in [3.8, 4) is 5.75 Å². The van der Waals surface area contributed by atoms with E-state index in [-0.39, 0.29) is 18.4 Å². The summed E-state index contributed by atoms with van der Waals surface area (Å²) in [6, 6.07) is 9.27. The first kappa shape index (κ1) is 13.2. The van der Waals surface area contributed by atoms with E-state index in [1.165, 1.54) is 6.08 Å². The van der Waals surface area contributed by atoms with Gasteiger partial charge in [-0.05, 0) is 19.1 Å². The molecule has 0 unspecified atom stereocenters. The number of allylic oxidation sites excluding steroid dienone is 1. The smallest absolute Gasteiger partial charge is 0.335 e. The molecule has 2 aromatic rings. The standard InChI is InChI=1S/C13H11NO2.ClH/c1-2-5-12(15)16-11-8-3-6-10-7-4-9-14-13(10)11;/h2-9H,1H3;1H/b5-2+;. The van der Waals surface area contributed by atoms with Gasteiger partial charge in [-0.15, -0.1) is 12.4 Å². The van der Waals surface area contributed by atoms with Gasteiger partial charge in [0.2, 0.25) is 0 Å². The van der Waals surface area contributed by atoms with Crippen molar-refractivity contribution >= 4 is 29.3 Å². The fourth-order valence-corrected chi connectivity index (χ4v) is 1.44. The van der Waals surface area contributed by atoms with Gasteiger partial charge in [0, 0.05) is 17.7 Å². The molecule has 3 nitrogen and oxygen atoms in total. The molecule has 0 spiro atoms. The van der Waals surface area contributed by atoms with Crippen LogP contribution >= 0.6 is 12.4 Å². The molecule has 0 radical (unpaired) electrons. The molecular formula is C13H12ClNO2. The highest BCUT2D eigenvalue weighted by Crippen LogP contribution is 2.22. The van der Waals surface area contributed by atoms with Gasteiger partial charge in [0.25, 0.3) is 0 Å². The molecular weight excluding hydrogens is 238 g/mol. The maximum atomic E-state index is 11.3. The molecule has 0 aliphatic heterocycles. The highest BCUT2D eigenvalue weighted by atomic mass is 35.5. The molecule has 0 aliphatic carbocycles. The van der Waals surface area contributed by atoms with Gasteiger partial charge >= 0.3 is 5.97 Å². The summed E-state index contributed by atoms with van der Waals surface area (Å²) in [5, 5.41) is 0.952. The topological polar surface area (TPSA) is 39.2 Å². The van der Waals surface area contributed by atoms with E-state index >= 15 is 0 Å². The van der Waals surface area contributed by atoms with Crippen LogP contribution in [0.1, 0.15) is 6.92 Å². The summed E-state index contributed by atoms with van der Waals surface area (Å²) in [7, 11) is 0.